The molecule has 2 atom stereocenters. The van der Waals surface area contributed by atoms with Crippen LogP contribution in [0.2, 0.25) is 0 Å². The van der Waals surface area contributed by atoms with E-state index in [9.17, 15) is 14.6 Å². The first kappa shape index (κ1) is 14.4. The third-order valence-electron chi connectivity index (χ3n) is 4.94. The van der Waals surface area contributed by atoms with Crippen molar-refractivity contribution >= 4 is 27.6 Å². The summed E-state index contributed by atoms with van der Waals surface area (Å²) in [4.78, 5) is 0. The van der Waals surface area contributed by atoms with E-state index in [1.807, 2.05) is 38.1 Å². The molecule has 116 valence electrons. The summed E-state index contributed by atoms with van der Waals surface area (Å²) < 4.78 is 14.8. The molecule has 3 aromatic carbocycles. The summed E-state index contributed by atoms with van der Waals surface area (Å²) in [5.41, 5.74) is 3.13. The van der Waals surface area contributed by atoms with Gasteiger partial charge in [0, 0.05) is 5.39 Å². The highest BCUT2D eigenvalue weighted by atomic mass is 19.1. The molecule has 1 aliphatic carbocycles. The van der Waals surface area contributed by atoms with Gasteiger partial charge in [-0.3, -0.25) is 0 Å². The molecule has 0 radical (unpaired) electrons. The Morgan fingerprint density at radius 1 is 0.957 bits per heavy atom. The van der Waals surface area contributed by atoms with Crippen LogP contribution in [0.4, 0.5) is 4.39 Å². The maximum atomic E-state index is 14.8. The smallest absolute Gasteiger partial charge is 0.131 e. The van der Waals surface area contributed by atoms with Crippen molar-refractivity contribution in [1.29, 1.82) is 0 Å². The van der Waals surface area contributed by atoms with Gasteiger partial charge in [0.25, 0.3) is 0 Å². The average molecular weight is 308 g/mol. The number of hydrogen-bond acceptors (Lipinski definition) is 2. The van der Waals surface area contributed by atoms with Crippen LogP contribution in [0.5, 0.6) is 0 Å². The van der Waals surface area contributed by atoms with Gasteiger partial charge in [-0.1, -0.05) is 36.4 Å². The summed E-state index contributed by atoms with van der Waals surface area (Å²) in [5.74, 6) is -0.355. The quantitative estimate of drug-likeness (QED) is 0.612. The lowest BCUT2D eigenvalue weighted by Gasteiger charge is -2.25. The van der Waals surface area contributed by atoms with E-state index in [4.69, 9.17) is 0 Å². The molecular formula is C20H17FO2. The van der Waals surface area contributed by atoms with Gasteiger partial charge in [0.2, 0.25) is 0 Å². The average Bonchev–Trinajstić information content (AvgIpc) is 2.55. The van der Waals surface area contributed by atoms with Crippen molar-refractivity contribution in [2.45, 2.75) is 26.1 Å². The minimum absolute atomic E-state index is 0.355. The fourth-order valence-electron chi connectivity index (χ4n) is 3.76. The zero-order chi connectivity index (χ0) is 16.3. The summed E-state index contributed by atoms with van der Waals surface area (Å²) in [5, 5.41) is 23.6. The Balaban J connectivity index is 2.27. The number of rotatable bonds is 0. The van der Waals surface area contributed by atoms with Crippen LogP contribution >= 0.6 is 0 Å². The molecule has 1 aliphatic rings. The maximum Gasteiger partial charge on any atom is 0.131 e. The summed E-state index contributed by atoms with van der Waals surface area (Å²) in [6.45, 7) is 3.91. The Labute approximate surface area is 133 Å². The second-order valence-electron chi connectivity index (χ2n) is 6.20. The predicted molar refractivity (Wildman–Crippen MR) is 90.9 cm³/mol. The molecule has 3 heteroatoms. The molecule has 3 aromatic rings. The third kappa shape index (κ3) is 1.87. The monoisotopic (exact) mass is 308 g/mol. The fourth-order valence-corrected chi connectivity index (χ4v) is 3.76. The van der Waals surface area contributed by atoms with Crippen LogP contribution < -0.4 is 0 Å². The van der Waals surface area contributed by atoms with Gasteiger partial charge in [-0.15, -0.1) is 0 Å². The largest absolute Gasteiger partial charge is 0.386 e. The highest BCUT2D eigenvalue weighted by Crippen LogP contribution is 2.41. The molecule has 0 amide bonds. The number of aliphatic hydroxyl groups excluding tert-OH is 2. The topological polar surface area (TPSA) is 40.5 Å². The zero-order valence-corrected chi connectivity index (χ0v) is 13.0. The molecule has 0 aromatic heterocycles. The number of halogens is 1. The third-order valence-corrected chi connectivity index (χ3v) is 4.94. The minimum atomic E-state index is -1.10. The summed E-state index contributed by atoms with van der Waals surface area (Å²) in [6, 6.07) is 9.32. The number of hydrogen-bond donors (Lipinski definition) is 2. The van der Waals surface area contributed by atoms with Crippen LogP contribution in [-0.2, 0) is 0 Å². The molecule has 2 N–H and O–H groups in total. The first-order chi connectivity index (χ1) is 11.0. The van der Waals surface area contributed by atoms with E-state index < -0.39 is 12.2 Å². The van der Waals surface area contributed by atoms with Gasteiger partial charge >= 0.3 is 0 Å². The molecule has 23 heavy (non-hydrogen) atoms. The highest BCUT2D eigenvalue weighted by molar-refractivity contribution is 6.09. The second kappa shape index (κ2) is 4.88. The van der Waals surface area contributed by atoms with E-state index in [0.717, 1.165) is 32.8 Å². The van der Waals surface area contributed by atoms with E-state index in [-0.39, 0.29) is 5.82 Å². The van der Waals surface area contributed by atoms with Crippen molar-refractivity contribution in [2.75, 3.05) is 0 Å². The fraction of sp³-hybridized carbons (Fsp3) is 0.200. The molecule has 0 heterocycles. The van der Waals surface area contributed by atoms with E-state index in [1.54, 1.807) is 12.2 Å². The molecule has 0 saturated heterocycles. The Hall–Kier alpha value is -2.23. The molecule has 0 saturated carbocycles. The lowest BCUT2D eigenvalue weighted by atomic mass is 9.84. The number of aryl methyl sites for hydroxylation is 2. The van der Waals surface area contributed by atoms with Crippen LogP contribution in [-0.4, -0.2) is 16.3 Å². The number of aliphatic hydroxyl groups is 2. The predicted octanol–water partition coefficient (Wildman–Crippen LogP) is 4.17. The lowest BCUT2D eigenvalue weighted by Crippen LogP contribution is -2.20. The highest BCUT2D eigenvalue weighted by Gasteiger charge is 2.27. The lowest BCUT2D eigenvalue weighted by molar-refractivity contribution is 0.0469. The molecule has 0 spiro atoms. The van der Waals surface area contributed by atoms with Crippen LogP contribution in [0.15, 0.2) is 36.4 Å². The normalized spacial score (nSPS) is 20.2. The van der Waals surface area contributed by atoms with Crippen LogP contribution in [0, 0.1) is 19.7 Å². The van der Waals surface area contributed by atoms with Crippen molar-refractivity contribution in [1.82, 2.24) is 0 Å². The van der Waals surface area contributed by atoms with Crippen molar-refractivity contribution in [3.8, 4) is 0 Å². The van der Waals surface area contributed by atoms with Crippen LogP contribution in [0.3, 0.4) is 0 Å². The number of fused-ring (bicyclic) bond motifs is 4. The van der Waals surface area contributed by atoms with Gasteiger partial charge in [-0.05, 0) is 58.3 Å². The van der Waals surface area contributed by atoms with E-state index in [2.05, 4.69) is 0 Å². The van der Waals surface area contributed by atoms with Gasteiger partial charge in [0.05, 0.1) is 0 Å². The molecular weight excluding hydrogens is 291 g/mol. The van der Waals surface area contributed by atoms with Crippen LogP contribution in [0.1, 0.15) is 28.4 Å². The maximum absolute atomic E-state index is 14.8. The molecule has 0 aliphatic heterocycles. The Kier molecular flexibility index (Phi) is 3.05. The first-order valence-corrected chi connectivity index (χ1v) is 7.69. The van der Waals surface area contributed by atoms with Gasteiger partial charge < -0.3 is 10.2 Å². The molecule has 0 unspecified atom stereocenters. The molecule has 0 bridgehead atoms. The van der Waals surface area contributed by atoms with Crippen molar-refractivity contribution in [2.24, 2.45) is 0 Å². The summed E-state index contributed by atoms with van der Waals surface area (Å²) in [7, 11) is 0. The zero-order valence-electron chi connectivity index (χ0n) is 13.0. The van der Waals surface area contributed by atoms with Gasteiger partial charge in [0.15, 0.2) is 0 Å². The second-order valence-corrected chi connectivity index (χ2v) is 6.20. The molecule has 0 fully saturated rings. The standard InChI is InChI=1S/C20H17FO2/c1-10-12-5-3-4-6-13(12)11(2)19-16(21)9-15-14(18(10)19)7-8-17(22)20(15)23/h3-9,17,20,22-23H,1-2H3/t17-,20-/m0/s1. The van der Waals surface area contributed by atoms with Crippen molar-refractivity contribution in [3.63, 3.8) is 0 Å². The van der Waals surface area contributed by atoms with Crippen molar-refractivity contribution in [3.05, 3.63) is 64.5 Å². The van der Waals surface area contributed by atoms with Gasteiger partial charge in [0.1, 0.15) is 18.0 Å². The minimum Gasteiger partial charge on any atom is -0.386 e. The SMILES string of the molecule is Cc1c2ccccc2c(C)c2c3c(cc(F)c12)[C@H](O)[C@@H](O)C=C3. The van der Waals surface area contributed by atoms with Crippen molar-refractivity contribution < 1.29 is 14.6 Å². The summed E-state index contributed by atoms with van der Waals surface area (Å²) in [6.07, 6.45) is 1.26. The first-order valence-electron chi connectivity index (χ1n) is 7.69. The van der Waals surface area contributed by atoms with Gasteiger partial charge in [-0.2, -0.15) is 0 Å². The van der Waals surface area contributed by atoms with E-state index in [1.165, 1.54) is 6.07 Å². The van der Waals surface area contributed by atoms with Gasteiger partial charge in [-0.25, -0.2) is 4.39 Å². The Morgan fingerprint density at radius 3 is 2.22 bits per heavy atom. The Bertz CT molecular complexity index is 988. The van der Waals surface area contributed by atoms with Crippen LogP contribution in [0.25, 0.3) is 27.6 Å². The Morgan fingerprint density at radius 2 is 1.57 bits per heavy atom. The number of benzene rings is 3. The molecule has 2 nitrogen and oxygen atoms in total. The van der Waals surface area contributed by atoms with E-state index in [0.29, 0.717) is 10.9 Å². The van der Waals surface area contributed by atoms with E-state index >= 15 is 0 Å². The summed E-state index contributed by atoms with van der Waals surface area (Å²) >= 11 is 0. The molecule has 4 rings (SSSR count).